The maximum Gasteiger partial charge on any atom is 0.153 e. The van der Waals surface area contributed by atoms with E-state index in [-0.39, 0.29) is 16.9 Å². The summed E-state index contributed by atoms with van der Waals surface area (Å²) >= 11 is 6.11. The first-order valence-corrected chi connectivity index (χ1v) is 6.60. The number of hydrogen-bond donors (Lipinski definition) is 0. The number of ether oxygens (including phenoxy) is 1. The normalized spacial score (nSPS) is 21.2. The number of benzene rings is 1. The van der Waals surface area contributed by atoms with E-state index in [1.54, 1.807) is 6.92 Å². The van der Waals surface area contributed by atoms with E-state index in [9.17, 15) is 8.78 Å². The Bertz CT molecular complexity index is 621. The zero-order chi connectivity index (χ0) is 13.6. The van der Waals surface area contributed by atoms with Crippen molar-refractivity contribution in [2.45, 2.75) is 24.8 Å². The predicted molar refractivity (Wildman–Crippen MR) is 68.4 cm³/mol. The van der Waals surface area contributed by atoms with Crippen LogP contribution < -0.4 is 0 Å². The molecule has 0 radical (unpaired) electrons. The highest BCUT2D eigenvalue weighted by Crippen LogP contribution is 2.32. The molecular formula is C13H13ClF2N2O. The molecule has 3 rings (SSSR count). The highest BCUT2D eigenvalue weighted by molar-refractivity contribution is 6.20. The summed E-state index contributed by atoms with van der Waals surface area (Å²) in [7, 11) is 0. The molecule has 1 aromatic carbocycles. The first-order valence-electron chi connectivity index (χ1n) is 6.16. The zero-order valence-electron chi connectivity index (χ0n) is 10.4. The van der Waals surface area contributed by atoms with E-state index in [0.717, 1.165) is 12.5 Å². The van der Waals surface area contributed by atoms with Gasteiger partial charge in [0.05, 0.1) is 23.5 Å². The van der Waals surface area contributed by atoms with Gasteiger partial charge >= 0.3 is 0 Å². The van der Waals surface area contributed by atoms with Gasteiger partial charge in [0.2, 0.25) is 0 Å². The number of fused-ring (bicyclic) bond motifs is 1. The van der Waals surface area contributed by atoms with Crippen molar-refractivity contribution in [3.63, 3.8) is 0 Å². The predicted octanol–water partition coefficient (Wildman–Crippen LogP) is 3.58. The van der Waals surface area contributed by atoms with Gasteiger partial charge in [0.15, 0.2) is 5.82 Å². The standard InChI is InChI=1S/C13H13ClF2N2O/c1-7(14)13-17-12-10(16)4-8(15)5-11(12)18(13)9-2-3-19-6-9/h4-5,7,9H,2-3,6H2,1H3. The Labute approximate surface area is 114 Å². The van der Waals surface area contributed by atoms with Gasteiger partial charge < -0.3 is 9.30 Å². The summed E-state index contributed by atoms with van der Waals surface area (Å²) in [5.74, 6) is -0.721. The SMILES string of the molecule is CC(Cl)c1nc2c(F)cc(F)cc2n1C1CCOC1. The second-order valence-corrected chi connectivity index (χ2v) is 5.38. The number of rotatable bonds is 2. The van der Waals surface area contributed by atoms with Crippen LogP contribution >= 0.6 is 11.6 Å². The van der Waals surface area contributed by atoms with Gasteiger partial charge in [-0.25, -0.2) is 13.8 Å². The van der Waals surface area contributed by atoms with Gasteiger partial charge in [-0.15, -0.1) is 11.6 Å². The molecule has 2 heterocycles. The van der Waals surface area contributed by atoms with Crippen LogP contribution in [0.25, 0.3) is 11.0 Å². The van der Waals surface area contributed by atoms with Crippen LogP contribution in [0.4, 0.5) is 8.78 Å². The Kier molecular flexibility index (Phi) is 3.19. The molecule has 1 aromatic heterocycles. The Balaban J connectivity index is 2.28. The highest BCUT2D eigenvalue weighted by Gasteiger charge is 2.26. The number of aromatic nitrogens is 2. The third-order valence-electron chi connectivity index (χ3n) is 3.37. The third kappa shape index (κ3) is 2.11. The summed E-state index contributed by atoms with van der Waals surface area (Å²) in [6.07, 6.45) is 0.792. The molecule has 3 nitrogen and oxygen atoms in total. The van der Waals surface area contributed by atoms with E-state index < -0.39 is 11.6 Å². The molecule has 0 aliphatic carbocycles. The number of nitrogens with zero attached hydrogens (tertiary/aromatic N) is 2. The van der Waals surface area contributed by atoms with Gasteiger partial charge in [-0.2, -0.15) is 0 Å². The van der Waals surface area contributed by atoms with Crippen molar-refractivity contribution in [3.05, 3.63) is 29.6 Å². The summed E-state index contributed by atoms with van der Waals surface area (Å²) in [5, 5.41) is -0.379. The molecule has 0 amide bonds. The first-order chi connectivity index (χ1) is 9.08. The van der Waals surface area contributed by atoms with E-state index >= 15 is 0 Å². The minimum absolute atomic E-state index is 0.0300. The van der Waals surface area contributed by atoms with Gasteiger partial charge in [0.25, 0.3) is 0 Å². The number of hydrogen-bond acceptors (Lipinski definition) is 2. The number of alkyl halides is 1. The van der Waals surface area contributed by atoms with E-state index in [4.69, 9.17) is 16.3 Å². The molecule has 102 valence electrons. The fourth-order valence-corrected chi connectivity index (χ4v) is 2.68. The van der Waals surface area contributed by atoms with Crippen molar-refractivity contribution in [1.82, 2.24) is 9.55 Å². The van der Waals surface area contributed by atoms with Crippen LogP contribution in [0.5, 0.6) is 0 Å². The Morgan fingerprint density at radius 1 is 1.47 bits per heavy atom. The van der Waals surface area contributed by atoms with Gasteiger partial charge in [-0.3, -0.25) is 0 Å². The quantitative estimate of drug-likeness (QED) is 0.789. The molecule has 2 atom stereocenters. The van der Waals surface area contributed by atoms with Crippen LogP contribution in [0.2, 0.25) is 0 Å². The summed E-state index contributed by atoms with van der Waals surface area (Å²) in [5.41, 5.74) is 0.603. The van der Waals surface area contributed by atoms with Gasteiger partial charge in [0.1, 0.15) is 17.2 Å². The van der Waals surface area contributed by atoms with Crippen molar-refractivity contribution in [2.75, 3.05) is 13.2 Å². The zero-order valence-corrected chi connectivity index (χ0v) is 11.1. The molecule has 0 N–H and O–H groups in total. The van der Waals surface area contributed by atoms with Crippen LogP contribution in [-0.2, 0) is 4.74 Å². The summed E-state index contributed by atoms with van der Waals surface area (Å²) in [6.45, 7) is 2.92. The molecule has 6 heteroatoms. The number of halogens is 3. The van der Waals surface area contributed by atoms with Crippen LogP contribution in [0.1, 0.15) is 30.6 Å². The van der Waals surface area contributed by atoms with Crippen molar-refractivity contribution in [2.24, 2.45) is 0 Å². The van der Waals surface area contributed by atoms with E-state index in [1.807, 2.05) is 4.57 Å². The largest absolute Gasteiger partial charge is 0.379 e. The molecule has 1 fully saturated rings. The maximum atomic E-state index is 13.8. The lowest BCUT2D eigenvalue weighted by atomic mass is 10.2. The van der Waals surface area contributed by atoms with Crippen LogP contribution in [0.15, 0.2) is 12.1 Å². The lowest BCUT2D eigenvalue weighted by Crippen LogP contribution is -2.12. The molecule has 1 aliphatic rings. The molecule has 1 saturated heterocycles. The minimum atomic E-state index is -0.661. The van der Waals surface area contributed by atoms with Crippen molar-refractivity contribution < 1.29 is 13.5 Å². The van der Waals surface area contributed by atoms with Gasteiger partial charge in [-0.1, -0.05) is 0 Å². The molecule has 19 heavy (non-hydrogen) atoms. The van der Waals surface area contributed by atoms with Gasteiger partial charge in [0, 0.05) is 12.7 Å². The third-order valence-corrected chi connectivity index (χ3v) is 3.56. The number of imidazole rings is 1. The first kappa shape index (κ1) is 12.8. The van der Waals surface area contributed by atoms with Crippen LogP contribution in [0.3, 0.4) is 0 Å². The molecular weight excluding hydrogens is 274 g/mol. The highest BCUT2D eigenvalue weighted by atomic mass is 35.5. The Morgan fingerprint density at radius 2 is 2.26 bits per heavy atom. The van der Waals surface area contributed by atoms with E-state index in [0.29, 0.717) is 24.6 Å². The van der Waals surface area contributed by atoms with Crippen LogP contribution in [0, 0.1) is 11.6 Å². The summed E-state index contributed by atoms with van der Waals surface area (Å²) in [4.78, 5) is 4.23. The second-order valence-electron chi connectivity index (χ2n) is 4.73. The Hall–Kier alpha value is -1.20. The molecule has 0 bridgehead atoms. The average Bonchev–Trinajstić information content (AvgIpc) is 2.93. The van der Waals surface area contributed by atoms with Crippen molar-refractivity contribution in [1.29, 1.82) is 0 Å². The fourth-order valence-electron chi connectivity index (χ4n) is 2.53. The molecule has 1 aliphatic heterocycles. The second kappa shape index (κ2) is 4.72. The Morgan fingerprint density at radius 3 is 2.89 bits per heavy atom. The van der Waals surface area contributed by atoms with Crippen molar-refractivity contribution >= 4 is 22.6 Å². The molecule has 0 spiro atoms. The monoisotopic (exact) mass is 286 g/mol. The minimum Gasteiger partial charge on any atom is -0.379 e. The average molecular weight is 287 g/mol. The van der Waals surface area contributed by atoms with Gasteiger partial charge in [-0.05, 0) is 19.4 Å². The fraction of sp³-hybridized carbons (Fsp3) is 0.462. The van der Waals surface area contributed by atoms with Crippen molar-refractivity contribution in [3.8, 4) is 0 Å². The smallest absolute Gasteiger partial charge is 0.153 e. The molecule has 2 unspecified atom stereocenters. The maximum absolute atomic E-state index is 13.8. The summed E-state index contributed by atoms with van der Waals surface area (Å²) < 4.78 is 34.4. The topological polar surface area (TPSA) is 27.1 Å². The van der Waals surface area contributed by atoms with E-state index in [1.165, 1.54) is 6.07 Å². The lowest BCUT2D eigenvalue weighted by molar-refractivity contribution is 0.186. The lowest BCUT2D eigenvalue weighted by Gasteiger charge is -2.16. The molecule has 0 saturated carbocycles. The van der Waals surface area contributed by atoms with Crippen LogP contribution in [-0.4, -0.2) is 22.8 Å². The summed E-state index contributed by atoms with van der Waals surface area (Å²) in [6, 6.07) is 2.17. The molecule has 2 aromatic rings. The van der Waals surface area contributed by atoms with E-state index in [2.05, 4.69) is 4.98 Å².